The first-order valence-corrected chi connectivity index (χ1v) is 14.4. The van der Waals surface area contributed by atoms with Gasteiger partial charge in [0.15, 0.2) is 0 Å². The van der Waals surface area contributed by atoms with Crippen molar-refractivity contribution in [1.82, 2.24) is 4.90 Å². The molecular formula is C32H33NO8S. The Morgan fingerprint density at radius 1 is 1.19 bits per heavy atom. The van der Waals surface area contributed by atoms with E-state index in [-0.39, 0.29) is 11.5 Å². The Balaban J connectivity index is 1.30. The van der Waals surface area contributed by atoms with E-state index < -0.39 is 29.3 Å². The molecule has 2 aromatic carbocycles. The molecule has 42 heavy (non-hydrogen) atoms. The molecular weight excluding hydrogens is 558 g/mol. The first-order valence-electron chi connectivity index (χ1n) is 13.6. The van der Waals surface area contributed by atoms with Crippen LogP contribution in [0.4, 0.5) is 4.79 Å². The smallest absolute Gasteiger partial charge is 0.323 e. The van der Waals surface area contributed by atoms with Crippen molar-refractivity contribution < 1.29 is 38.4 Å². The van der Waals surface area contributed by atoms with Crippen LogP contribution in [-0.4, -0.2) is 59.1 Å². The number of ether oxygens (including phenoxy) is 4. The Morgan fingerprint density at radius 2 is 1.98 bits per heavy atom. The number of fused-ring (bicyclic) bond motifs is 2. The molecule has 5 rings (SSSR count). The van der Waals surface area contributed by atoms with Crippen molar-refractivity contribution in [3.8, 4) is 23.0 Å². The molecule has 0 bridgehead atoms. The van der Waals surface area contributed by atoms with Gasteiger partial charge in [-0.1, -0.05) is 12.7 Å². The van der Waals surface area contributed by atoms with Crippen LogP contribution < -0.4 is 18.9 Å². The summed E-state index contributed by atoms with van der Waals surface area (Å²) in [6.07, 6.45) is 6.80. The Kier molecular flexibility index (Phi) is 8.10. The molecule has 220 valence electrons. The lowest BCUT2D eigenvalue weighted by Crippen LogP contribution is -2.42. The van der Waals surface area contributed by atoms with Crippen LogP contribution in [0.1, 0.15) is 41.2 Å². The largest absolute Gasteiger partial charge is 0.489 e. The molecule has 10 heteroatoms. The molecule has 3 aliphatic rings. The summed E-state index contributed by atoms with van der Waals surface area (Å²) in [4.78, 5) is 36.5. The van der Waals surface area contributed by atoms with Gasteiger partial charge in [0.2, 0.25) is 0 Å². The normalized spacial score (nSPS) is 20.3. The lowest BCUT2D eigenvalue weighted by atomic mass is 9.87. The Morgan fingerprint density at radius 3 is 2.71 bits per heavy atom. The lowest BCUT2D eigenvalue weighted by Gasteiger charge is -2.38. The second-order valence-electron chi connectivity index (χ2n) is 10.8. The van der Waals surface area contributed by atoms with Crippen molar-refractivity contribution in [2.45, 2.75) is 46.1 Å². The van der Waals surface area contributed by atoms with Gasteiger partial charge in [-0.05, 0) is 105 Å². The summed E-state index contributed by atoms with van der Waals surface area (Å²) in [6, 6.07) is 5.54. The highest BCUT2D eigenvalue weighted by molar-refractivity contribution is 8.18. The number of amides is 2. The zero-order valence-corrected chi connectivity index (χ0v) is 24.9. The number of hydrogen-bond acceptors (Lipinski definition) is 8. The highest BCUT2D eigenvalue weighted by Gasteiger charge is 2.37. The molecule has 9 nitrogen and oxygen atoms in total. The van der Waals surface area contributed by atoms with Crippen LogP contribution in [0.5, 0.6) is 23.0 Å². The highest BCUT2D eigenvalue weighted by Crippen LogP contribution is 2.44. The third-order valence-corrected chi connectivity index (χ3v) is 8.56. The standard InChI is InChI=1S/C32H33NO8S/c1-6-11-38-28-18(2)19(3)29-24(20(28)4)9-10-32(5,41-29)17-40-23-7-8-25-22(14-23)12-21(16-39-25)13-26-30(36)33(15-27(34)35)31(37)42-26/h6-8,12-14H,1,9-11,15-17H2,2-5H3,(H,34,35). The first-order chi connectivity index (χ1) is 20.0. The maximum absolute atomic E-state index is 12.5. The van der Waals surface area contributed by atoms with Crippen molar-refractivity contribution in [3.05, 3.63) is 75.2 Å². The molecule has 0 spiro atoms. The Hall–Kier alpha value is -4.18. The average Bonchev–Trinajstić information content (AvgIpc) is 3.21. The maximum atomic E-state index is 12.5. The number of nitrogens with zero attached hydrogens (tertiary/aromatic N) is 1. The molecule has 0 aromatic heterocycles. The summed E-state index contributed by atoms with van der Waals surface area (Å²) in [6.45, 7) is 12.3. The van der Waals surface area contributed by atoms with Crippen LogP contribution in [0.15, 0.2) is 47.4 Å². The molecule has 2 aromatic rings. The minimum absolute atomic E-state index is 0.162. The van der Waals surface area contributed by atoms with Crippen molar-refractivity contribution >= 4 is 35.0 Å². The van der Waals surface area contributed by atoms with E-state index >= 15 is 0 Å². The van der Waals surface area contributed by atoms with E-state index in [1.165, 1.54) is 5.56 Å². The van der Waals surface area contributed by atoms with Gasteiger partial charge >= 0.3 is 5.97 Å². The van der Waals surface area contributed by atoms with E-state index in [2.05, 4.69) is 27.4 Å². The second kappa shape index (κ2) is 11.6. The summed E-state index contributed by atoms with van der Waals surface area (Å²) in [5.74, 6) is 1.23. The van der Waals surface area contributed by atoms with E-state index in [4.69, 9.17) is 24.1 Å². The van der Waals surface area contributed by atoms with Crippen molar-refractivity contribution in [1.29, 1.82) is 0 Å². The molecule has 0 saturated carbocycles. The predicted octanol–water partition coefficient (Wildman–Crippen LogP) is 5.78. The van der Waals surface area contributed by atoms with Gasteiger partial charge in [-0.2, -0.15) is 0 Å². The van der Waals surface area contributed by atoms with E-state index in [1.807, 2.05) is 31.2 Å². The van der Waals surface area contributed by atoms with E-state index in [0.717, 1.165) is 51.5 Å². The number of carbonyl (C=O) groups excluding carboxylic acids is 2. The summed E-state index contributed by atoms with van der Waals surface area (Å²) < 4.78 is 24.7. The number of aliphatic carboxylic acids is 1. The van der Waals surface area contributed by atoms with Crippen LogP contribution in [-0.2, 0) is 16.0 Å². The van der Waals surface area contributed by atoms with Gasteiger partial charge in [0, 0.05) is 11.1 Å². The zero-order valence-electron chi connectivity index (χ0n) is 24.1. The van der Waals surface area contributed by atoms with Crippen LogP contribution in [0.3, 0.4) is 0 Å². The fourth-order valence-corrected chi connectivity index (χ4v) is 6.12. The van der Waals surface area contributed by atoms with E-state index in [9.17, 15) is 14.4 Å². The fraction of sp³-hybridized carbons (Fsp3) is 0.344. The molecule has 1 fully saturated rings. The third-order valence-electron chi connectivity index (χ3n) is 7.65. The minimum Gasteiger partial charge on any atom is -0.489 e. The number of benzene rings is 2. The summed E-state index contributed by atoms with van der Waals surface area (Å²) in [7, 11) is 0. The third kappa shape index (κ3) is 5.76. The number of carbonyl (C=O) groups is 3. The molecule has 2 amide bonds. The van der Waals surface area contributed by atoms with Crippen LogP contribution in [0.2, 0.25) is 0 Å². The SMILES string of the molecule is C=CCOc1c(C)c(C)c2c(c1C)CCC(C)(COc1ccc3c(c1)C=C(C=C1SC(=O)N(CC(=O)O)C1=O)CO3)O2. The van der Waals surface area contributed by atoms with Gasteiger partial charge in [-0.15, -0.1) is 0 Å². The quantitative estimate of drug-likeness (QED) is 0.287. The number of carboxylic acids is 1. The average molecular weight is 592 g/mol. The molecule has 1 saturated heterocycles. The molecule has 1 N–H and O–H groups in total. The van der Waals surface area contributed by atoms with Gasteiger partial charge in [0.1, 0.15) is 55.0 Å². The van der Waals surface area contributed by atoms with Crippen LogP contribution in [0, 0.1) is 20.8 Å². The molecule has 0 radical (unpaired) electrons. The zero-order chi connectivity index (χ0) is 30.2. The van der Waals surface area contributed by atoms with Gasteiger partial charge in [-0.3, -0.25) is 19.3 Å². The van der Waals surface area contributed by atoms with E-state index in [1.54, 1.807) is 12.2 Å². The fourth-order valence-electron chi connectivity index (χ4n) is 5.26. The van der Waals surface area contributed by atoms with Crippen LogP contribution in [0.25, 0.3) is 6.08 Å². The van der Waals surface area contributed by atoms with E-state index in [0.29, 0.717) is 42.0 Å². The summed E-state index contributed by atoms with van der Waals surface area (Å²) in [5.41, 5.74) is 5.29. The first kappa shape index (κ1) is 29.3. The molecule has 3 aliphatic heterocycles. The van der Waals surface area contributed by atoms with Crippen molar-refractivity contribution in [2.75, 3.05) is 26.4 Å². The van der Waals surface area contributed by atoms with Crippen molar-refractivity contribution in [3.63, 3.8) is 0 Å². The summed E-state index contributed by atoms with van der Waals surface area (Å²) in [5, 5.41) is 8.37. The molecule has 3 heterocycles. The van der Waals surface area contributed by atoms with Crippen LogP contribution >= 0.6 is 11.8 Å². The number of rotatable bonds is 9. The number of carboxylic acid groups (broad SMARTS) is 1. The number of hydrogen-bond donors (Lipinski definition) is 1. The van der Waals surface area contributed by atoms with Gasteiger partial charge in [0.05, 0.1) is 4.91 Å². The highest BCUT2D eigenvalue weighted by atomic mass is 32.2. The molecule has 1 atom stereocenters. The van der Waals surface area contributed by atoms with Crippen molar-refractivity contribution in [2.24, 2.45) is 0 Å². The lowest BCUT2D eigenvalue weighted by molar-refractivity contribution is -0.140. The van der Waals surface area contributed by atoms with Gasteiger partial charge in [0.25, 0.3) is 11.1 Å². The molecule has 1 unspecified atom stereocenters. The topological polar surface area (TPSA) is 112 Å². The minimum atomic E-state index is -1.25. The van der Waals surface area contributed by atoms with Gasteiger partial charge < -0.3 is 24.1 Å². The second-order valence-corrected chi connectivity index (χ2v) is 11.8. The van der Waals surface area contributed by atoms with Gasteiger partial charge in [-0.25, -0.2) is 0 Å². The number of imide groups is 1. The summed E-state index contributed by atoms with van der Waals surface area (Å²) >= 11 is 0.717. The number of thioether (sulfide) groups is 1. The molecule has 0 aliphatic carbocycles. The Bertz CT molecular complexity index is 1560. The Labute approximate surface area is 248 Å². The monoisotopic (exact) mass is 591 g/mol. The predicted molar refractivity (Wildman–Crippen MR) is 160 cm³/mol. The maximum Gasteiger partial charge on any atom is 0.323 e.